The number of carbonyl (C=O) groups excluding carboxylic acids is 3. The van der Waals surface area contributed by atoms with E-state index in [1.807, 2.05) is 0 Å². The molecule has 1 rings (SSSR count). The van der Waals surface area contributed by atoms with Gasteiger partial charge in [0.2, 0.25) is 11.8 Å². The summed E-state index contributed by atoms with van der Waals surface area (Å²) < 4.78 is 0. The topological polar surface area (TPSA) is 139 Å². The van der Waals surface area contributed by atoms with E-state index >= 15 is 0 Å². The summed E-state index contributed by atoms with van der Waals surface area (Å²) >= 11 is 0. The second-order valence-electron chi connectivity index (χ2n) is 4.17. The van der Waals surface area contributed by atoms with Gasteiger partial charge in [-0.3, -0.25) is 19.2 Å². The Morgan fingerprint density at radius 1 is 1.14 bits per heavy atom. The molecular formula is C13H15N3O5. The first-order chi connectivity index (χ1) is 9.90. The molecule has 0 bridgehead atoms. The van der Waals surface area contributed by atoms with Crippen LogP contribution in [0, 0.1) is 0 Å². The molecule has 0 saturated heterocycles. The van der Waals surface area contributed by atoms with Crippen molar-refractivity contribution in [2.45, 2.75) is 12.5 Å². The van der Waals surface area contributed by atoms with Gasteiger partial charge in [-0.1, -0.05) is 18.2 Å². The maximum absolute atomic E-state index is 11.7. The average molecular weight is 293 g/mol. The molecule has 0 unspecified atom stereocenters. The lowest BCUT2D eigenvalue weighted by molar-refractivity contribution is -0.140. The Morgan fingerprint density at radius 2 is 1.76 bits per heavy atom. The molecule has 21 heavy (non-hydrogen) atoms. The number of hydrogen-bond acceptors (Lipinski definition) is 4. The number of benzene rings is 1. The third kappa shape index (κ3) is 5.72. The summed E-state index contributed by atoms with van der Waals surface area (Å²) in [4.78, 5) is 44.7. The van der Waals surface area contributed by atoms with Gasteiger partial charge in [0.25, 0.3) is 5.91 Å². The second-order valence-corrected chi connectivity index (χ2v) is 4.17. The van der Waals surface area contributed by atoms with E-state index in [2.05, 4.69) is 10.6 Å². The van der Waals surface area contributed by atoms with Gasteiger partial charge in [-0.2, -0.15) is 0 Å². The van der Waals surface area contributed by atoms with Crippen molar-refractivity contribution < 1.29 is 24.3 Å². The maximum atomic E-state index is 11.7. The van der Waals surface area contributed by atoms with Gasteiger partial charge < -0.3 is 21.5 Å². The van der Waals surface area contributed by atoms with Crippen LogP contribution in [0.5, 0.6) is 0 Å². The van der Waals surface area contributed by atoms with Crippen molar-refractivity contribution in [3.05, 3.63) is 35.9 Å². The second kappa shape index (κ2) is 7.63. The number of amides is 3. The number of aliphatic carboxylic acids is 1. The summed E-state index contributed by atoms with van der Waals surface area (Å²) in [5.74, 6) is -3.39. The summed E-state index contributed by atoms with van der Waals surface area (Å²) in [6, 6.07) is 6.92. The molecule has 1 aromatic rings. The Labute approximate surface area is 120 Å². The number of carboxylic acid groups (broad SMARTS) is 1. The van der Waals surface area contributed by atoms with E-state index in [-0.39, 0.29) is 0 Å². The molecule has 0 saturated carbocycles. The van der Waals surface area contributed by atoms with Gasteiger partial charge in [-0.25, -0.2) is 0 Å². The van der Waals surface area contributed by atoms with Crippen LogP contribution in [0.25, 0.3) is 0 Å². The van der Waals surface area contributed by atoms with Gasteiger partial charge in [-0.15, -0.1) is 0 Å². The predicted molar refractivity (Wildman–Crippen MR) is 72.2 cm³/mol. The summed E-state index contributed by atoms with van der Waals surface area (Å²) in [6.45, 7) is -0.392. The SMILES string of the molecule is NC(=O)[C@H](CC(=O)O)NC(=O)CNC(=O)c1ccccc1. The van der Waals surface area contributed by atoms with Gasteiger partial charge in [0.15, 0.2) is 0 Å². The van der Waals surface area contributed by atoms with Crippen molar-refractivity contribution in [1.82, 2.24) is 10.6 Å². The zero-order valence-corrected chi connectivity index (χ0v) is 11.0. The van der Waals surface area contributed by atoms with Crippen LogP contribution in [0.3, 0.4) is 0 Å². The molecule has 5 N–H and O–H groups in total. The largest absolute Gasteiger partial charge is 0.481 e. The van der Waals surface area contributed by atoms with E-state index in [0.717, 1.165) is 0 Å². The van der Waals surface area contributed by atoms with E-state index < -0.39 is 42.7 Å². The molecule has 0 heterocycles. The van der Waals surface area contributed by atoms with Crippen LogP contribution in [0.4, 0.5) is 0 Å². The van der Waals surface area contributed by atoms with Crippen molar-refractivity contribution in [2.24, 2.45) is 5.73 Å². The summed E-state index contributed by atoms with van der Waals surface area (Å²) in [5.41, 5.74) is 5.35. The molecule has 1 atom stereocenters. The number of carbonyl (C=O) groups is 4. The van der Waals surface area contributed by atoms with Crippen LogP contribution in [0.2, 0.25) is 0 Å². The number of carboxylic acids is 1. The molecule has 1 aromatic carbocycles. The van der Waals surface area contributed by atoms with Crippen molar-refractivity contribution in [1.29, 1.82) is 0 Å². The minimum atomic E-state index is -1.32. The Hall–Kier alpha value is -2.90. The summed E-state index contributed by atoms with van der Waals surface area (Å²) in [7, 11) is 0. The molecule has 3 amide bonds. The normalized spacial score (nSPS) is 11.2. The first-order valence-electron chi connectivity index (χ1n) is 6.04. The van der Waals surface area contributed by atoms with Crippen molar-refractivity contribution >= 4 is 23.7 Å². The monoisotopic (exact) mass is 293 g/mol. The van der Waals surface area contributed by atoms with E-state index in [0.29, 0.717) is 5.56 Å². The molecule has 0 aliphatic heterocycles. The van der Waals surface area contributed by atoms with Gasteiger partial charge in [0.1, 0.15) is 6.04 Å². The van der Waals surface area contributed by atoms with Crippen molar-refractivity contribution in [3.63, 3.8) is 0 Å². The molecule has 8 nitrogen and oxygen atoms in total. The molecule has 0 spiro atoms. The van der Waals surface area contributed by atoms with E-state index in [1.165, 1.54) is 0 Å². The zero-order chi connectivity index (χ0) is 15.8. The zero-order valence-electron chi connectivity index (χ0n) is 11.0. The lowest BCUT2D eigenvalue weighted by atomic mass is 10.2. The van der Waals surface area contributed by atoms with Crippen LogP contribution >= 0.6 is 0 Å². The highest BCUT2D eigenvalue weighted by Crippen LogP contribution is 1.97. The molecule has 0 aromatic heterocycles. The molecular weight excluding hydrogens is 278 g/mol. The van der Waals surface area contributed by atoms with E-state index in [1.54, 1.807) is 30.3 Å². The maximum Gasteiger partial charge on any atom is 0.305 e. The van der Waals surface area contributed by atoms with Gasteiger partial charge in [0.05, 0.1) is 13.0 Å². The van der Waals surface area contributed by atoms with Gasteiger partial charge in [-0.05, 0) is 12.1 Å². The smallest absolute Gasteiger partial charge is 0.305 e. The van der Waals surface area contributed by atoms with E-state index in [4.69, 9.17) is 10.8 Å². The average Bonchev–Trinajstić information content (AvgIpc) is 2.44. The Morgan fingerprint density at radius 3 is 2.29 bits per heavy atom. The first-order valence-corrected chi connectivity index (χ1v) is 6.04. The standard InChI is InChI=1S/C13H15N3O5/c14-12(20)9(6-11(18)19)16-10(17)7-15-13(21)8-4-2-1-3-5-8/h1-5,9H,6-7H2,(H2,14,20)(H,15,21)(H,16,17)(H,18,19)/t9-/m0/s1. The summed E-state index contributed by atoms with van der Waals surface area (Å²) in [6.07, 6.45) is -0.617. The van der Waals surface area contributed by atoms with Crippen molar-refractivity contribution in [2.75, 3.05) is 6.54 Å². The predicted octanol–water partition coefficient (Wildman–Crippen LogP) is -1.14. The van der Waals surface area contributed by atoms with Gasteiger partial charge >= 0.3 is 5.97 Å². The first kappa shape index (κ1) is 16.2. The molecule has 8 heteroatoms. The highest BCUT2D eigenvalue weighted by molar-refractivity contribution is 5.97. The minimum Gasteiger partial charge on any atom is -0.481 e. The fourth-order valence-corrected chi connectivity index (χ4v) is 1.49. The number of nitrogens with one attached hydrogen (secondary N) is 2. The molecule has 0 fully saturated rings. The lowest BCUT2D eigenvalue weighted by Gasteiger charge is -2.13. The fourth-order valence-electron chi connectivity index (χ4n) is 1.49. The molecule has 112 valence electrons. The van der Waals surface area contributed by atoms with Crippen LogP contribution < -0.4 is 16.4 Å². The molecule has 0 radical (unpaired) electrons. The van der Waals surface area contributed by atoms with Crippen LogP contribution in [-0.2, 0) is 14.4 Å². The number of rotatable bonds is 7. The van der Waals surface area contributed by atoms with Gasteiger partial charge in [0, 0.05) is 5.56 Å². The third-order valence-electron chi connectivity index (χ3n) is 2.50. The van der Waals surface area contributed by atoms with Crippen LogP contribution in [0.15, 0.2) is 30.3 Å². The molecule has 0 aliphatic rings. The van der Waals surface area contributed by atoms with Crippen LogP contribution in [0.1, 0.15) is 16.8 Å². The Balaban J connectivity index is 2.48. The number of primary amides is 1. The number of hydrogen-bond donors (Lipinski definition) is 4. The summed E-state index contributed by atoms with van der Waals surface area (Å²) in [5, 5.41) is 13.1. The van der Waals surface area contributed by atoms with E-state index in [9.17, 15) is 19.2 Å². The highest BCUT2D eigenvalue weighted by Gasteiger charge is 2.21. The van der Waals surface area contributed by atoms with Crippen molar-refractivity contribution in [3.8, 4) is 0 Å². The Bertz CT molecular complexity index is 544. The highest BCUT2D eigenvalue weighted by atomic mass is 16.4. The van der Waals surface area contributed by atoms with Crippen LogP contribution in [-0.4, -0.2) is 41.4 Å². The fraction of sp³-hybridized carbons (Fsp3) is 0.231. The quantitative estimate of drug-likeness (QED) is 0.503. The lowest BCUT2D eigenvalue weighted by Crippen LogP contribution is -2.48. The Kier molecular flexibility index (Phi) is 5.87. The minimum absolute atomic E-state index is 0.377. The molecule has 0 aliphatic carbocycles. The number of nitrogens with two attached hydrogens (primary N) is 1. The third-order valence-corrected chi connectivity index (χ3v) is 2.50.